The maximum Gasteiger partial charge on any atom is 0.418 e. The molecule has 17 heteroatoms. The van der Waals surface area contributed by atoms with Gasteiger partial charge in [-0.05, 0) is 106 Å². The molecule has 13 nitrogen and oxygen atoms in total. The third-order valence-electron chi connectivity index (χ3n) is 12.7. The largest absolute Gasteiger partial charge is 0.464 e. The van der Waals surface area contributed by atoms with Crippen LogP contribution in [-0.2, 0) is 38.1 Å². The molecule has 2 saturated heterocycles. The second-order valence-corrected chi connectivity index (χ2v) is 17.0. The van der Waals surface area contributed by atoms with Gasteiger partial charge >= 0.3 is 24.3 Å². The Balaban J connectivity index is 1.15. The van der Waals surface area contributed by atoms with E-state index in [9.17, 15) is 32.3 Å². The van der Waals surface area contributed by atoms with Crippen molar-refractivity contribution in [2.24, 2.45) is 11.8 Å². The molecule has 61 heavy (non-hydrogen) atoms. The van der Waals surface area contributed by atoms with Gasteiger partial charge < -0.3 is 45.0 Å². The summed E-state index contributed by atoms with van der Waals surface area (Å²) in [7, 11) is 1.60. The number of likely N-dealkylation sites (N-methyl/N-ethyl adjacent to an activating group) is 2. The van der Waals surface area contributed by atoms with E-state index in [4.69, 9.17) is 26.8 Å². The number of nitrogens with zero attached hydrogens (tertiary/aromatic N) is 5. The summed E-state index contributed by atoms with van der Waals surface area (Å²) in [6, 6.07) is 9.46. The highest BCUT2D eigenvalue weighted by Crippen LogP contribution is 2.38. The maximum absolute atomic E-state index is 14.1. The van der Waals surface area contributed by atoms with E-state index in [0.29, 0.717) is 64.3 Å². The van der Waals surface area contributed by atoms with E-state index in [1.54, 1.807) is 11.9 Å². The van der Waals surface area contributed by atoms with E-state index < -0.39 is 35.5 Å². The van der Waals surface area contributed by atoms with Gasteiger partial charge in [-0.25, -0.2) is 9.59 Å². The number of benzene rings is 2. The number of esters is 1. The molecular formula is C44H63ClF3N7O6. The molecule has 3 aliphatic heterocycles. The minimum atomic E-state index is -4.79. The number of alkyl halides is 3. The summed E-state index contributed by atoms with van der Waals surface area (Å²) in [6.07, 6.45) is -2.77. The Bertz CT molecular complexity index is 1800. The molecule has 3 aliphatic rings. The summed E-state index contributed by atoms with van der Waals surface area (Å²) in [5, 5.41) is 2.67. The predicted octanol–water partition coefficient (Wildman–Crippen LogP) is 7.02. The van der Waals surface area contributed by atoms with Gasteiger partial charge in [0, 0.05) is 64.5 Å². The number of carbonyl (C=O) groups excluding carboxylic acids is 4. The van der Waals surface area contributed by atoms with Crippen molar-refractivity contribution in [2.45, 2.75) is 90.5 Å². The minimum Gasteiger partial charge on any atom is -0.464 e. The zero-order chi connectivity index (χ0) is 44.3. The first-order chi connectivity index (χ1) is 29.1. The molecule has 338 valence electrons. The molecule has 2 fully saturated rings. The zero-order valence-electron chi connectivity index (χ0n) is 36.0. The second-order valence-electron chi connectivity index (χ2n) is 16.6. The average molecular weight is 878 g/mol. The molecule has 2 atom stereocenters. The molecule has 4 amide bonds. The molecule has 3 N–H and O–H groups in total. The van der Waals surface area contributed by atoms with Crippen molar-refractivity contribution < 1.29 is 41.8 Å². The van der Waals surface area contributed by atoms with E-state index in [2.05, 4.69) is 35.9 Å². The third-order valence-corrected chi connectivity index (χ3v) is 13.0. The summed E-state index contributed by atoms with van der Waals surface area (Å²) >= 11 is 6.14. The zero-order valence-corrected chi connectivity index (χ0v) is 36.7. The molecule has 0 aromatic heterocycles. The van der Waals surface area contributed by atoms with Crippen LogP contribution in [0.5, 0.6) is 0 Å². The Morgan fingerprint density at radius 2 is 1.69 bits per heavy atom. The minimum absolute atomic E-state index is 0.0472. The van der Waals surface area contributed by atoms with Crippen molar-refractivity contribution >= 4 is 47.0 Å². The van der Waals surface area contributed by atoms with Gasteiger partial charge in [-0.2, -0.15) is 13.2 Å². The van der Waals surface area contributed by atoms with Gasteiger partial charge in [0.15, 0.2) is 6.10 Å². The smallest absolute Gasteiger partial charge is 0.418 e. The van der Waals surface area contributed by atoms with E-state index in [1.165, 1.54) is 15.9 Å². The van der Waals surface area contributed by atoms with Crippen molar-refractivity contribution in [3.63, 3.8) is 0 Å². The Labute approximate surface area is 363 Å². The highest BCUT2D eigenvalue weighted by atomic mass is 35.5. The molecule has 0 radical (unpaired) electrons. The quantitative estimate of drug-likeness (QED) is 0.127. The molecule has 0 aliphatic carbocycles. The number of ether oxygens (including phenoxy) is 2. The van der Waals surface area contributed by atoms with Crippen LogP contribution in [0.1, 0.15) is 76.0 Å². The average Bonchev–Trinajstić information content (AvgIpc) is 3.41. The van der Waals surface area contributed by atoms with Gasteiger partial charge in [0.1, 0.15) is 6.61 Å². The summed E-state index contributed by atoms with van der Waals surface area (Å²) in [6.45, 7) is 13.0. The van der Waals surface area contributed by atoms with Crippen molar-refractivity contribution in [3.8, 4) is 0 Å². The van der Waals surface area contributed by atoms with E-state index in [0.717, 1.165) is 62.9 Å². The normalized spacial score (nSPS) is 18.0. The molecule has 5 rings (SSSR count). The second kappa shape index (κ2) is 22.2. The van der Waals surface area contributed by atoms with Gasteiger partial charge in [-0.3, -0.25) is 9.59 Å². The number of nitrogens with one attached hydrogen (secondary N) is 1. The van der Waals surface area contributed by atoms with Gasteiger partial charge in [0.05, 0.1) is 22.7 Å². The first kappa shape index (κ1) is 47.8. The number of nitrogens with two attached hydrogens (primary N) is 1. The van der Waals surface area contributed by atoms with Gasteiger partial charge in [-0.1, -0.05) is 50.6 Å². The number of hydrogen-bond donors (Lipinski definition) is 2. The fourth-order valence-electron chi connectivity index (χ4n) is 8.60. The number of urea groups is 1. The Morgan fingerprint density at radius 3 is 2.36 bits per heavy atom. The molecule has 0 saturated carbocycles. The van der Waals surface area contributed by atoms with Crippen molar-refractivity contribution in [1.29, 1.82) is 0 Å². The van der Waals surface area contributed by atoms with Gasteiger partial charge in [0.25, 0.3) is 5.91 Å². The monoisotopic (exact) mass is 877 g/mol. The molecule has 2 aromatic rings. The highest BCUT2D eigenvalue weighted by molar-refractivity contribution is 6.33. The Kier molecular flexibility index (Phi) is 17.4. The number of hydrogen-bond acceptors (Lipinski definition) is 9. The number of amides is 4. The molecule has 0 spiro atoms. The fraction of sp³-hybridized carbons (Fsp3) is 0.636. The standard InChI is InChI=1S/C44H63ClF3N7O6/c1-5-52(6-2)25-26-60-39(56)17-21-53-19-12-32(13-20-53)30(3)11-18-51(4)41(57)38(29-31-27-35(44(46,47)48)40(49)36(45)28-31)61-43(59)54-22-15-34(16-23-54)55-24-14-33-9-7-8-10-37(33)50-42(55)58/h7-10,27-28,30,32,34,38H,5-6,11-26,29,49H2,1-4H3,(H,50,58)/t30?,38-/m1/s1. The third kappa shape index (κ3) is 13.4. The summed E-state index contributed by atoms with van der Waals surface area (Å²) in [4.78, 5) is 62.4. The SMILES string of the molecule is CCN(CC)CCOC(=O)CCN1CCC(C(C)CCN(C)C(=O)[C@@H](Cc2cc(Cl)c(N)c(C(F)(F)F)c2)OC(=O)N2CCC(N3CCc4ccccc4NC3=O)CC2)CC1. The van der Waals surface area contributed by atoms with Crippen LogP contribution in [0.3, 0.4) is 0 Å². The number of fused-ring (bicyclic) bond motifs is 1. The summed E-state index contributed by atoms with van der Waals surface area (Å²) in [5.41, 5.74) is 5.81. The first-order valence-corrected chi connectivity index (χ1v) is 22.1. The van der Waals surface area contributed by atoms with Crippen LogP contribution in [0.25, 0.3) is 0 Å². The lowest BCUT2D eigenvalue weighted by Gasteiger charge is -2.38. The number of likely N-dealkylation sites (tertiary alicyclic amines) is 2. The van der Waals surface area contributed by atoms with Crippen LogP contribution < -0.4 is 11.1 Å². The number of rotatable bonds is 17. The Hall–Kier alpha value is -4.28. The molecule has 1 unspecified atom stereocenters. The number of carbonyl (C=O) groups is 4. The predicted molar refractivity (Wildman–Crippen MR) is 229 cm³/mol. The number of nitrogen functional groups attached to an aromatic ring is 1. The van der Waals surface area contributed by atoms with Crippen LogP contribution in [0.2, 0.25) is 5.02 Å². The van der Waals surface area contributed by atoms with Gasteiger partial charge in [-0.15, -0.1) is 0 Å². The van der Waals surface area contributed by atoms with Crippen molar-refractivity contribution in [1.82, 2.24) is 24.5 Å². The Morgan fingerprint density at radius 1 is 1.00 bits per heavy atom. The lowest BCUT2D eigenvalue weighted by Crippen LogP contribution is -2.51. The van der Waals surface area contributed by atoms with E-state index in [1.807, 2.05) is 24.3 Å². The fourth-order valence-corrected chi connectivity index (χ4v) is 8.84. The highest BCUT2D eigenvalue weighted by Gasteiger charge is 2.37. The molecular weight excluding hydrogens is 815 g/mol. The number of anilines is 2. The molecule has 0 bridgehead atoms. The molecule has 3 heterocycles. The van der Waals surface area contributed by atoms with E-state index in [-0.39, 0.29) is 54.1 Å². The lowest BCUT2D eigenvalue weighted by atomic mass is 9.83. The van der Waals surface area contributed by atoms with Crippen molar-refractivity contribution in [3.05, 3.63) is 58.1 Å². The van der Waals surface area contributed by atoms with Crippen LogP contribution in [0, 0.1) is 11.8 Å². The summed E-state index contributed by atoms with van der Waals surface area (Å²) < 4.78 is 53.0. The van der Waals surface area contributed by atoms with Crippen molar-refractivity contribution in [2.75, 3.05) is 90.2 Å². The van der Waals surface area contributed by atoms with Crippen LogP contribution in [0.15, 0.2) is 36.4 Å². The summed E-state index contributed by atoms with van der Waals surface area (Å²) in [5.74, 6) is -0.0625. The van der Waals surface area contributed by atoms with Gasteiger partial charge in [0.2, 0.25) is 0 Å². The first-order valence-electron chi connectivity index (χ1n) is 21.7. The van der Waals surface area contributed by atoms with Crippen LogP contribution >= 0.6 is 11.6 Å². The van der Waals surface area contributed by atoms with E-state index >= 15 is 0 Å². The number of piperidine rings is 2. The van der Waals surface area contributed by atoms with Crippen LogP contribution in [0.4, 0.5) is 34.1 Å². The van der Waals surface area contributed by atoms with Crippen LogP contribution in [-0.4, -0.2) is 140 Å². The molecule has 2 aromatic carbocycles. The lowest BCUT2D eigenvalue weighted by molar-refractivity contribution is -0.144. The number of para-hydroxylation sites is 1. The topological polar surface area (TPSA) is 141 Å². The number of halogens is 4. The maximum atomic E-state index is 14.1.